The number of esters is 1. The van der Waals surface area contributed by atoms with E-state index in [9.17, 15) is 14.7 Å². The van der Waals surface area contributed by atoms with E-state index in [2.05, 4.69) is 13.2 Å². The Labute approximate surface area is 112 Å². The van der Waals surface area contributed by atoms with Crippen molar-refractivity contribution < 1.29 is 19.4 Å². The second-order valence-electron chi connectivity index (χ2n) is 3.99. The van der Waals surface area contributed by atoms with Crippen LogP contribution in [-0.2, 0) is 20.7 Å². The summed E-state index contributed by atoms with van der Waals surface area (Å²) >= 11 is 0. The van der Waals surface area contributed by atoms with E-state index < -0.39 is 17.9 Å². The van der Waals surface area contributed by atoms with Crippen LogP contribution in [0.4, 0.5) is 0 Å². The zero-order valence-corrected chi connectivity index (χ0v) is 10.5. The molecular weight excluding hydrogens is 244 g/mol. The van der Waals surface area contributed by atoms with Crippen molar-refractivity contribution >= 4 is 11.9 Å². The largest absolute Gasteiger partial charge is 0.481 e. The molecule has 4 heteroatoms. The van der Waals surface area contributed by atoms with Gasteiger partial charge in [0, 0.05) is 5.57 Å². The molecule has 0 aliphatic carbocycles. The van der Waals surface area contributed by atoms with Crippen molar-refractivity contribution in [3.8, 4) is 0 Å². The highest BCUT2D eigenvalue weighted by Gasteiger charge is 2.26. The fraction of sp³-hybridized carbons (Fsp3) is 0.200. The second kappa shape index (κ2) is 7.16. The van der Waals surface area contributed by atoms with Crippen molar-refractivity contribution in [3.63, 3.8) is 0 Å². The van der Waals surface area contributed by atoms with Gasteiger partial charge in [0.1, 0.15) is 6.61 Å². The van der Waals surface area contributed by atoms with Crippen molar-refractivity contribution in [1.82, 2.24) is 0 Å². The van der Waals surface area contributed by atoms with Crippen molar-refractivity contribution in [2.24, 2.45) is 5.92 Å². The molecule has 0 saturated carbocycles. The number of carboxylic acid groups (broad SMARTS) is 1. The summed E-state index contributed by atoms with van der Waals surface area (Å²) in [5, 5.41) is 9.19. The molecule has 0 spiro atoms. The van der Waals surface area contributed by atoms with E-state index in [1.165, 1.54) is 6.08 Å². The molecule has 0 fully saturated rings. The van der Waals surface area contributed by atoms with Gasteiger partial charge in [-0.2, -0.15) is 0 Å². The molecule has 1 atom stereocenters. The fourth-order valence-corrected chi connectivity index (χ4v) is 1.58. The maximum absolute atomic E-state index is 11.6. The Morgan fingerprint density at radius 3 is 2.47 bits per heavy atom. The van der Waals surface area contributed by atoms with Gasteiger partial charge in [-0.3, -0.25) is 4.79 Å². The van der Waals surface area contributed by atoms with E-state index in [-0.39, 0.29) is 18.6 Å². The van der Waals surface area contributed by atoms with Gasteiger partial charge in [0.05, 0.1) is 5.92 Å². The lowest BCUT2D eigenvalue weighted by atomic mass is 9.93. The molecule has 0 amide bonds. The van der Waals surface area contributed by atoms with Gasteiger partial charge in [-0.25, -0.2) is 4.79 Å². The molecule has 1 aromatic carbocycles. The smallest absolute Gasteiger partial charge is 0.334 e. The fourth-order valence-electron chi connectivity index (χ4n) is 1.58. The van der Waals surface area contributed by atoms with Crippen LogP contribution < -0.4 is 0 Å². The van der Waals surface area contributed by atoms with E-state index in [1.54, 1.807) is 12.1 Å². The van der Waals surface area contributed by atoms with Crippen molar-refractivity contribution in [2.75, 3.05) is 6.61 Å². The molecule has 1 N–H and O–H groups in total. The molecule has 1 rings (SSSR count). The number of carbonyl (C=O) groups is 2. The number of hydrogen-bond acceptors (Lipinski definition) is 3. The number of carboxylic acids is 1. The predicted octanol–water partition coefficient (Wildman–Crippen LogP) is 2.22. The highest BCUT2D eigenvalue weighted by atomic mass is 16.5. The number of rotatable bonds is 7. The molecule has 1 aromatic rings. The van der Waals surface area contributed by atoms with Gasteiger partial charge in [-0.1, -0.05) is 49.6 Å². The van der Waals surface area contributed by atoms with Crippen LogP contribution in [-0.4, -0.2) is 23.7 Å². The Morgan fingerprint density at radius 2 is 1.95 bits per heavy atom. The van der Waals surface area contributed by atoms with Gasteiger partial charge in [-0.15, -0.1) is 0 Å². The molecular formula is C15H16O4. The number of ether oxygens (including phenoxy) is 1. The minimum atomic E-state index is -1.09. The van der Waals surface area contributed by atoms with E-state index in [4.69, 9.17) is 4.74 Å². The molecule has 0 aromatic heterocycles. The molecule has 0 saturated heterocycles. The second-order valence-corrected chi connectivity index (χ2v) is 3.99. The molecule has 0 aliphatic rings. The lowest BCUT2D eigenvalue weighted by Gasteiger charge is -2.14. The highest BCUT2D eigenvalue weighted by Crippen LogP contribution is 2.17. The van der Waals surface area contributed by atoms with Crippen molar-refractivity contribution in [2.45, 2.75) is 6.42 Å². The summed E-state index contributed by atoms with van der Waals surface area (Å²) in [6.45, 7) is 6.99. The van der Waals surface area contributed by atoms with Crippen LogP contribution >= 0.6 is 0 Å². The van der Waals surface area contributed by atoms with Gasteiger partial charge in [0.2, 0.25) is 0 Å². The standard InChI is InChI=1S/C15H16O4/c1-3-9-19-15(18)11(2)13(14(16)17)10-12-7-5-4-6-8-12/h3-8,13H,1-2,9-10H2,(H,16,17). The first kappa shape index (κ1) is 14.7. The van der Waals surface area contributed by atoms with E-state index in [0.717, 1.165) is 5.56 Å². The summed E-state index contributed by atoms with van der Waals surface area (Å²) in [6, 6.07) is 9.07. The molecule has 19 heavy (non-hydrogen) atoms. The normalized spacial score (nSPS) is 11.4. The molecule has 0 bridgehead atoms. The average molecular weight is 260 g/mol. The predicted molar refractivity (Wildman–Crippen MR) is 71.6 cm³/mol. The Bertz CT molecular complexity index is 476. The Hall–Kier alpha value is -2.36. The summed E-state index contributed by atoms with van der Waals surface area (Å²) in [7, 11) is 0. The first-order valence-electron chi connectivity index (χ1n) is 5.79. The Kier molecular flexibility index (Phi) is 5.54. The van der Waals surface area contributed by atoms with Crippen LogP contribution in [0.5, 0.6) is 0 Å². The van der Waals surface area contributed by atoms with Crippen LogP contribution in [0, 0.1) is 5.92 Å². The summed E-state index contributed by atoms with van der Waals surface area (Å²) in [5.41, 5.74) is 0.769. The third-order valence-electron chi connectivity index (χ3n) is 2.60. The summed E-state index contributed by atoms with van der Waals surface area (Å²) in [6.07, 6.45) is 1.62. The van der Waals surface area contributed by atoms with Crippen LogP contribution in [0.25, 0.3) is 0 Å². The lowest BCUT2D eigenvalue weighted by molar-refractivity contribution is -0.145. The molecule has 4 nitrogen and oxygen atoms in total. The monoisotopic (exact) mass is 260 g/mol. The first-order chi connectivity index (χ1) is 9.06. The molecule has 0 radical (unpaired) electrons. The van der Waals surface area contributed by atoms with Crippen molar-refractivity contribution in [1.29, 1.82) is 0 Å². The van der Waals surface area contributed by atoms with Gasteiger partial charge >= 0.3 is 11.9 Å². The Morgan fingerprint density at radius 1 is 1.32 bits per heavy atom. The average Bonchev–Trinajstić information content (AvgIpc) is 2.42. The van der Waals surface area contributed by atoms with Gasteiger partial charge in [-0.05, 0) is 12.0 Å². The van der Waals surface area contributed by atoms with Crippen LogP contribution in [0.15, 0.2) is 55.1 Å². The van der Waals surface area contributed by atoms with E-state index in [1.807, 2.05) is 18.2 Å². The molecule has 1 unspecified atom stereocenters. The lowest BCUT2D eigenvalue weighted by Crippen LogP contribution is -2.24. The van der Waals surface area contributed by atoms with E-state index >= 15 is 0 Å². The minimum absolute atomic E-state index is 0.0372. The third kappa shape index (κ3) is 4.43. The number of aliphatic carboxylic acids is 1. The van der Waals surface area contributed by atoms with Crippen LogP contribution in [0.3, 0.4) is 0 Å². The first-order valence-corrected chi connectivity index (χ1v) is 5.79. The van der Waals surface area contributed by atoms with Crippen molar-refractivity contribution in [3.05, 3.63) is 60.7 Å². The summed E-state index contributed by atoms with van der Waals surface area (Å²) in [5.74, 6) is -2.78. The SMILES string of the molecule is C=CCOC(=O)C(=C)C(Cc1ccccc1)C(=O)O. The topological polar surface area (TPSA) is 63.6 Å². The quantitative estimate of drug-likeness (QED) is 0.464. The number of benzene rings is 1. The van der Waals surface area contributed by atoms with Gasteiger partial charge in [0.25, 0.3) is 0 Å². The van der Waals surface area contributed by atoms with Gasteiger partial charge in [0.15, 0.2) is 0 Å². The zero-order valence-electron chi connectivity index (χ0n) is 10.5. The number of hydrogen-bond donors (Lipinski definition) is 1. The summed E-state index contributed by atoms with van der Waals surface area (Å²) < 4.78 is 4.80. The van der Waals surface area contributed by atoms with Crippen LogP contribution in [0.1, 0.15) is 5.56 Å². The maximum atomic E-state index is 11.6. The molecule has 0 heterocycles. The summed E-state index contributed by atoms with van der Waals surface area (Å²) in [4.78, 5) is 22.8. The van der Waals surface area contributed by atoms with E-state index in [0.29, 0.717) is 0 Å². The highest BCUT2D eigenvalue weighted by molar-refractivity contribution is 5.94. The minimum Gasteiger partial charge on any atom is -0.481 e. The third-order valence-corrected chi connectivity index (χ3v) is 2.60. The molecule has 100 valence electrons. The van der Waals surface area contributed by atoms with Crippen LogP contribution in [0.2, 0.25) is 0 Å². The number of carbonyl (C=O) groups excluding carboxylic acids is 1. The maximum Gasteiger partial charge on any atom is 0.334 e. The Balaban J connectivity index is 2.77. The van der Waals surface area contributed by atoms with Gasteiger partial charge < -0.3 is 9.84 Å². The molecule has 0 aliphatic heterocycles. The zero-order chi connectivity index (χ0) is 14.3.